The van der Waals surface area contributed by atoms with Crippen LogP contribution in [0.15, 0.2) is 0 Å². The summed E-state index contributed by atoms with van der Waals surface area (Å²) in [7, 11) is 0. The molecule has 0 spiro atoms. The van der Waals surface area contributed by atoms with E-state index in [-0.39, 0.29) is 0 Å². The smallest absolute Gasteiger partial charge is 0.202 e. The van der Waals surface area contributed by atoms with Crippen molar-refractivity contribution < 1.29 is 5.11 Å². The number of rotatable bonds is 4. The zero-order valence-corrected chi connectivity index (χ0v) is 10.7. The molecule has 0 amide bonds. The molecule has 4 nitrogen and oxygen atoms in total. The number of nitrogens with zero attached hydrogens (tertiary/aromatic N) is 2. The van der Waals surface area contributed by atoms with Gasteiger partial charge in [0.2, 0.25) is 5.13 Å². The van der Waals surface area contributed by atoms with Gasteiger partial charge in [-0.15, -0.1) is 0 Å². The number of anilines is 1. The Morgan fingerprint density at radius 2 is 1.94 bits per heavy atom. The maximum atomic E-state index is 9.10. The van der Waals surface area contributed by atoms with Crippen LogP contribution in [0.25, 0.3) is 0 Å². The van der Waals surface area contributed by atoms with Gasteiger partial charge in [-0.05, 0) is 44.4 Å². The van der Waals surface area contributed by atoms with Crippen LogP contribution in [0.3, 0.4) is 0 Å². The quantitative estimate of drug-likeness (QED) is 0.865. The zero-order chi connectivity index (χ0) is 11.7. The van der Waals surface area contributed by atoms with Crippen molar-refractivity contribution in [2.45, 2.75) is 50.5 Å². The lowest BCUT2D eigenvalue weighted by atomic mass is 9.87. The van der Waals surface area contributed by atoms with Crippen molar-refractivity contribution in [3.8, 4) is 0 Å². The monoisotopic (exact) mass is 253 g/mol. The molecule has 0 radical (unpaired) electrons. The Morgan fingerprint density at radius 1 is 1.18 bits per heavy atom. The maximum absolute atomic E-state index is 9.10. The molecule has 0 bridgehead atoms. The van der Waals surface area contributed by atoms with Gasteiger partial charge in [-0.25, -0.2) is 4.98 Å². The average molecular weight is 253 g/mol. The fraction of sp³-hybridized carbons (Fsp3) is 0.833. The van der Waals surface area contributed by atoms with Gasteiger partial charge in [0.15, 0.2) is 0 Å². The molecule has 0 saturated heterocycles. The molecule has 2 aliphatic carbocycles. The molecule has 0 aliphatic heterocycles. The van der Waals surface area contributed by atoms with Crippen molar-refractivity contribution in [2.24, 2.45) is 5.92 Å². The van der Waals surface area contributed by atoms with Gasteiger partial charge >= 0.3 is 0 Å². The summed E-state index contributed by atoms with van der Waals surface area (Å²) in [5.74, 6) is 2.21. The van der Waals surface area contributed by atoms with Crippen LogP contribution < -0.4 is 5.32 Å². The van der Waals surface area contributed by atoms with Gasteiger partial charge in [-0.3, -0.25) is 0 Å². The first-order chi connectivity index (χ1) is 8.35. The Kier molecular flexibility index (Phi) is 3.29. The van der Waals surface area contributed by atoms with Crippen molar-refractivity contribution in [3.63, 3.8) is 0 Å². The average Bonchev–Trinajstić information content (AvgIpc) is 3.12. The number of hydrogen-bond donors (Lipinski definition) is 2. The van der Waals surface area contributed by atoms with E-state index in [0.717, 1.165) is 36.6 Å². The normalized spacial score (nSPS) is 29.2. The molecule has 1 aromatic heterocycles. The van der Waals surface area contributed by atoms with Crippen LogP contribution in [0, 0.1) is 5.92 Å². The highest BCUT2D eigenvalue weighted by molar-refractivity contribution is 7.09. The van der Waals surface area contributed by atoms with E-state index in [1.165, 1.54) is 24.4 Å². The molecule has 0 atom stereocenters. The standard InChI is InChI=1S/C12H19N3OS/c16-7-8-1-5-10(6-2-8)13-12-14-11(15-17-12)9-3-4-9/h8-10,16H,1-7H2,(H,13,14,15). The van der Waals surface area contributed by atoms with Crippen LogP contribution in [-0.2, 0) is 0 Å². The summed E-state index contributed by atoms with van der Waals surface area (Å²) in [5, 5.41) is 13.6. The fourth-order valence-corrected chi connectivity index (χ4v) is 3.19. The lowest BCUT2D eigenvalue weighted by Gasteiger charge is -2.27. The molecular formula is C12H19N3OS. The molecule has 2 aliphatic rings. The third kappa shape index (κ3) is 2.77. The molecule has 3 rings (SSSR count). The molecule has 2 saturated carbocycles. The van der Waals surface area contributed by atoms with Crippen LogP contribution in [0.5, 0.6) is 0 Å². The van der Waals surface area contributed by atoms with Gasteiger partial charge in [0.05, 0.1) is 0 Å². The van der Waals surface area contributed by atoms with Crippen molar-refractivity contribution in [1.82, 2.24) is 9.36 Å². The molecule has 0 unspecified atom stereocenters. The van der Waals surface area contributed by atoms with Gasteiger partial charge in [-0.1, -0.05) is 0 Å². The van der Waals surface area contributed by atoms with Crippen molar-refractivity contribution in [2.75, 3.05) is 11.9 Å². The highest BCUT2D eigenvalue weighted by Gasteiger charge is 2.28. The SMILES string of the molecule is OCC1CCC(Nc2nc(C3CC3)ns2)CC1. The van der Waals surface area contributed by atoms with Crippen molar-refractivity contribution in [1.29, 1.82) is 0 Å². The maximum Gasteiger partial charge on any atom is 0.202 e. The minimum atomic E-state index is 0.345. The van der Waals surface area contributed by atoms with Crippen LogP contribution >= 0.6 is 11.5 Å². The van der Waals surface area contributed by atoms with E-state index in [4.69, 9.17) is 5.11 Å². The Balaban J connectivity index is 1.52. The fourth-order valence-electron chi connectivity index (χ4n) is 2.46. The van der Waals surface area contributed by atoms with Gasteiger partial charge in [-0.2, -0.15) is 4.37 Å². The summed E-state index contributed by atoms with van der Waals surface area (Å²) in [4.78, 5) is 4.55. The van der Waals surface area contributed by atoms with Gasteiger partial charge in [0, 0.05) is 30.1 Å². The Bertz CT molecular complexity index is 370. The largest absolute Gasteiger partial charge is 0.396 e. The summed E-state index contributed by atoms with van der Waals surface area (Å²) in [6.45, 7) is 0.345. The first kappa shape index (κ1) is 11.4. The van der Waals surface area contributed by atoms with E-state index < -0.39 is 0 Å². The molecule has 5 heteroatoms. The van der Waals surface area contributed by atoms with E-state index in [1.807, 2.05) is 0 Å². The summed E-state index contributed by atoms with van der Waals surface area (Å²) in [6.07, 6.45) is 7.06. The van der Waals surface area contributed by atoms with E-state index in [2.05, 4.69) is 14.7 Å². The second kappa shape index (κ2) is 4.90. The van der Waals surface area contributed by atoms with Crippen LogP contribution in [0.4, 0.5) is 5.13 Å². The number of nitrogens with one attached hydrogen (secondary N) is 1. The molecule has 1 aromatic rings. The number of aliphatic hydroxyl groups is 1. The van der Waals surface area contributed by atoms with Crippen LogP contribution in [-0.4, -0.2) is 27.1 Å². The van der Waals surface area contributed by atoms with Gasteiger partial charge < -0.3 is 10.4 Å². The van der Waals surface area contributed by atoms with E-state index >= 15 is 0 Å². The summed E-state index contributed by atoms with van der Waals surface area (Å²) >= 11 is 1.50. The topological polar surface area (TPSA) is 58.0 Å². The molecule has 2 N–H and O–H groups in total. The Labute approximate surface area is 106 Å². The minimum absolute atomic E-state index is 0.345. The van der Waals surface area contributed by atoms with E-state index in [1.54, 1.807) is 0 Å². The third-order valence-electron chi connectivity index (χ3n) is 3.82. The minimum Gasteiger partial charge on any atom is -0.396 e. The zero-order valence-electron chi connectivity index (χ0n) is 9.93. The molecule has 94 valence electrons. The summed E-state index contributed by atoms with van der Waals surface area (Å²) in [5.41, 5.74) is 0. The number of aromatic nitrogens is 2. The highest BCUT2D eigenvalue weighted by Crippen LogP contribution is 2.39. The van der Waals surface area contributed by atoms with E-state index in [9.17, 15) is 0 Å². The second-order valence-corrected chi connectivity index (χ2v) is 6.03. The molecule has 17 heavy (non-hydrogen) atoms. The molecular weight excluding hydrogens is 234 g/mol. The van der Waals surface area contributed by atoms with Gasteiger partial charge in [0.25, 0.3) is 0 Å². The van der Waals surface area contributed by atoms with Crippen molar-refractivity contribution >= 4 is 16.7 Å². The summed E-state index contributed by atoms with van der Waals surface area (Å²) in [6, 6.07) is 0.526. The predicted molar refractivity (Wildman–Crippen MR) is 68.3 cm³/mol. The van der Waals surface area contributed by atoms with E-state index in [0.29, 0.717) is 24.5 Å². The lowest BCUT2D eigenvalue weighted by Crippen LogP contribution is -2.27. The molecule has 2 fully saturated rings. The van der Waals surface area contributed by atoms with Gasteiger partial charge in [0.1, 0.15) is 5.82 Å². The lowest BCUT2D eigenvalue weighted by molar-refractivity contribution is 0.186. The van der Waals surface area contributed by atoms with Crippen molar-refractivity contribution in [3.05, 3.63) is 5.82 Å². The molecule has 0 aromatic carbocycles. The number of hydrogen-bond acceptors (Lipinski definition) is 5. The second-order valence-electron chi connectivity index (χ2n) is 5.28. The summed E-state index contributed by atoms with van der Waals surface area (Å²) < 4.78 is 4.40. The molecule has 1 heterocycles. The number of aliphatic hydroxyl groups excluding tert-OH is 1. The highest BCUT2D eigenvalue weighted by atomic mass is 32.1. The van der Waals surface area contributed by atoms with Crippen LogP contribution in [0.2, 0.25) is 0 Å². The third-order valence-corrected chi connectivity index (χ3v) is 4.48. The first-order valence-corrected chi connectivity index (χ1v) is 7.33. The Hall–Kier alpha value is -0.680. The van der Waals surface area contributed by atoms with Crippen LogP contribution in [0.1, 0.15) is 50.3 Å². The first-order valence-electron chi connectivity index (χ1n) is 6.56. The Morgan fingerprint density at radius 3 is 2.59 bits per heavy atom. The predicted octanol–water partition coefficient (Wildman–Crippen LogP) is 2.38.